The first-order valence-corrected chi connectivity index (χ1v) is 7.16. The minimum Gasteiger partial charge on any atom is -0.507 e. The van der Waals surface area contributed by atoms with Gasteiger partial charge in [-0.3, -0.25) is 0 Å². The molecule has 0 atom stereocenters. The second kappa shape index (κ2) is 6.57. The van der Waals surface area contributed by atoms with Crippen molar-refractivity contribution in [1.29, 1.82) is 0 Å². The molecular formula is C17H18O3Zn. The number of hydrogen-bond acceptors (Lipinski definition) is 2. The number of fused-ring (bicyclic) bond motifs is 1. The van der Waals surface area contributed by atoms with Crippen LogP contribution in [0, 0.1) is 0 Å². The van der Waals surface area contributed by atoms with Gasteiger partial charge in [0.15, 0.2) is 0 Å². The summed E-state index contributed by atoms with van der Waals surface area (Å²) in [5.74, 6) is -0.705. The van der Waals surface area contributed by atoms with Crippen LogP contribution in [0.3, 0.4) is 0 Å². The Bertz CT molecular complexity index is 660. The largest absolute Gasteiger partial charge is 0.507 e. The van der Waals surface area contributed by atoms with E-state index in [4.69, 9.17) is 5.11 Å². The van der Waals surface area contributed by atoms with Crippen molar-refractivity contribution in [2.75, 3.05) is 0 Å². The van der Waals surface area contributed by atoms with E-state index in [1.807, 2.05) is 12.1 Å². The molecule has 106 valence electrons. The number of phenols is 1. The van der Waals surface area contributed by atoms with Crippen molar-refractivity contribution >= 4 is 16.7 Å². The standard InChI is InChI=1S/C17H18O3.Zn/c18-16-10-14-12(9-15(16)17(19)20)7-4-8-13(14)11-5-2-1-3-6-11;/h4,7-11,18H,1-3,5-6H2,(H,19,20);. The Labute approximate surface area is 136 Å². The molecule has 0 radical (unpaired) electrons. The number of rotatable bonds is 2. The molecule has 2 aromatic rings. The van der Waals surface area contributed by atoms with Crippen molar-refractivity contribution < 1.29 is 34.5 Å². The van der Waals surface area contributed by atoms with Gasteiger partial charge in [0.05, 0.1) is 0 Å². The Hall–Kier alpha value is -1.41. The molecule has 3 nitrogen and oxygen atoms in total. The van der Waals surface area contributed by atoms with Crippen LogP contribution >= 0.6 is 0 Å². The normalized spacial score (nSPS) is 15.6. The Kier molecular flexibility index (Phi) is 5.00. The number of carboxylic acid groups (broad SMARTS) is 1. The molecule has 1 fully saturated rings. The van der Waals surface area contributed by atoms with Crippen molar-refractivity contribution in [2.45, 2.75) is 38.0 Å². The van der Waals surface area contributed by atoms with Crippen LogP contribution in [0.5, 0.6) is 5.75 Å². The van der Waals surface area contributed by atoms with Gasteiger partial charge >= 0.3 is 5.97 Å². The molecule has 2 N–H and O–H groups in total. The molecule has 0 saturated heterocycles. The van der Waals surface area contributed by atoms with Crippen molar-refractivity contribution in [3.63, 3.8) is 0 Å². The zero-order valence-corrected chi connectivity index (χ0v) is 15.0. The van der Waals surface area contributed by atoms with Crippen LogP contribution < -0.4 is 0 Å². The van der Waals surface area contributed by atoms with E-state index in [0.717, 1.165) is 10.8 Å². The van der Waals surface area contributed by atoms with E-state index in [1.54, 1.807) is 12.1 Å². The predicted octanol–water partition coefficient (Wildman–Crippen LogP) is 4.29. The van der Waals surface area contributed by atoms with E-state index in [2.05, 4.69) is 6.07 Å². The first-order valence-electron chi connectivity index (χ1n) is 7.16. The van der Waals surface area contributed by atoms with Gasteiger partial charge in [0.2, 0.25) is 0 Å². The SMILES string of the molecule is O=C(O)c1cc2cccc(C3CCCCC3)c2cc1O.[Zn]. The van der Waals surface area contributed by atoms with E-state index in [0.29, 0.717) is 5.92 Å². The number of carboxylic acids is 1. The molecule has 0 heterocycles. The molecule has 0 unspecified atom stereocenters. The predicted molar refractivity (Wildman–Crippen MR) is 78.4 cm³/mol. The van der Waals surface area contributed by atoms with Gasteiger partial charge in [-0.05, 0) is 47.2 Å². The first kappa shape index (κ1) is 16.0. The summed E-state index contributed by atoms with van der Waals surface area (Å²) >= 11 is 0. The average molecular weight is 336 g/mol. The smallest absolute Gasteiger partial charge is 0.339 e. The van der Waals surface area contributed by atoms with E-state index in [9.17, 15) is 9.90 Å². The van der Waals surface area contributed by atoms with Crippen LogP contribution in [-0.4, -0.2) is 16.2 Å². The van der Waals surface area contributed by atoms with Gasteiger partial charge in [0.1, 0.15) is 11.3 Å². The minimum absolute atomic E-state index is 0. The second-order valence-electron chi connectivity index (χ2n) is 5.58. The summed E-state index contributed by atoms with van der Waals surface area (Å²) in [5, 5.41) is 20.9. The summed E-state index contributed by atoms with van der Waals surface area (Å²) in [7, 11) is 0. The summed E-state index contributed by atoms with van der Waals surface area (Å²) < 4.78 is 0. The number of hydrogen-bond donors (Lipinski definition) is 2. The Morgan fingerprint density at radius 2 is 1.81 bits per heavy atom. The van der Waals surface area contributed by atoms with Gasteiger partial charge in [0.25, 0.3) is 0 Å². The van der Waals surface area contributed by atoms with Crippen molar-refractivity contribution in [2.24, 2.45) is 0 Å². The summed E-state index contributed by atoms with van der Waals surface area (Å²) in [4.78, 5) is 11.1. The van der Waals surface area contributed by atoms with Crippen LogP contribution in [0.25, 0.3) is 10.8 Å². The third kappa shape index (κ3) is 3.11. The third-order valence-corrected chi connectivity index (χ3v) is 4.31. The molecule has 1 aliphatic rings. The summed E-state index contributed by atoms with van der Waals surface area (Å²) in [6, 6.07) is 9.18. The zero-order chi connectivity index (χ0) is 14.1. The van der Waals surface area contributed by atoms with Gasteiger partial charge in [0, 0.05) is 19.5 Å². The van der Waals surface area contributed by atoms with E-state index < -0.39 is 5.97 Å². The molecule has 3 rings (SSSR count). The van der Waals surface area contributed by atoms with E-state index in [1.165, 1.54) is 37.7 Å². The zero-order valence-electron chi connectivity index (χ0n) is 12.0. The monoisotopic (exact) mass is 334 g/mol. The maximum atomic E-state index is 11.1. The van der Waals surface area contributed by atoms with Gasteiger partial charge < -0.3 is 10.2 Å². The fraction of sp³-hybridized carbons (Fsp3) is 0.353. The Morgan fingerprint density at radius 1 is 1.10 bits per heavy atom. The first-order chi connectivity index (χ1) is 9.66. The molecular weight excluding hydrogens is 318 g/mol. The van der Waals surface area contributed by atoms with Crippen LogP contribution in [0.15, 0.2) is 30.3 Å². The molecule has 2 aromatic carbocycles. The summed E-state index contributed by atoms with van der Waals surface area (Å²) in [6.07, 6.45) is 6.16. The molecule has 1 aliphatic carbocycles. The molecule has 4 heteroatoms. The quantitative estimate of drug-likeness (QED) is 0.805. The van der Waals surface area contributed by atoms with Crippen LogP contribution in [0.2, 0.25) is 0 Å². The van der Waals surface area contributed by atoms with Gasteiger partial charge in [-0.2, -0.15) is 0 Å². The molecule has 0 amide bonds. The van der Waals surface area contributed by atoms with Gasteiger partial charge in [-0.15, -0.1) is 0 Å². The molecule has 21 heavy (non-hydrogen) atoms. The fourth-order valence-corrected chi connectivity index (χ4v) is 3.28. The molecule has 0 bridgehead atoms. The van der Waals surface area contributed by atoms with Crippen molar-refractivity contribution in [3.8, 4) is 5.75 Å². The number of aromatic carboxylic acids is 1. The van der Waals surface area contributed by atoms with Crippen LogP contribution in [0.4, 0.5) is 0 Å². The summed E-state index contributed by atoms with van der Waals surface area (Å²) in [6.45, 7) is 0. The molecule has 0 aliphatic heterocycles. The van der Waals surface area contributed by atoms with Crippen LogP contribution in [0.1, 0.15) is 53.9 Å². The average Bonchev–Trinajstić information content (AvgIpc) is 2.46. The van der Waals surface area contributed by atoms with E-state index in [-0.39, 0.29) is 30.8 Å². The topological polar surface area (TPSA) is 57.5 Å². The van der Waals surface area contributed by atoms with Crippen molar-refractivity contribution in [1.82, 2.24) is 0 Å². The van der Waals surface area contributed by atoms with Crippen LogP contribution in [-0.2, 0) is 19.5 Å². The Morgan fingerprint density at radius 3 is 2.48 bits per heavy atom. The number of carbonyl (C=O) groups is 1. The fourth-order valence-electron chi connectivity index (χ4n) is 3.28. The van der Waals surface area contributed by atoms with Gasteiger partial charge in [-0.25, -0.2) is 4.79 Å². The molecule has 1 saturated carbocycles. The number of benzene rings is 2. The second-order valence-corrected chi connectivity index (χ2v) is 5.58. The van der Waals surface area contributed by atoms with Gasteiger partial charge in [-0.1, -0.05) is 37.5 Å². The Balaban J connectivity index is 0.00000161. The van der Waals surface area contributed by atoms with E-state index >= 15 is 0 Å². The maximum absolute atomic E-state index is 11.1. The van der Waals surface area contributed by atoms with Crippen molar-refractivity contribution in [3.05, 3.63) is 41.5 Å². The number of aromatic hydroxyl groups is 1. The maximum Gasteiger partial charge on any atom is 0.339 e. The molecule has 0 aromatic heterocycles. The molecule has 0 spiro atoms. The minimum atomic E-state index is -1.09. The summed E-state index contributed by atoms with van der Waals surface area (Å²) in [5.41, 5.74) is 1.22. The third-order valence-electron chi connectivity index (χ3n) is 4.31.